The number of amides is 1. The van der Waals surface area contributed by atoms with Crippen molar-refractivity contribution in [2.24, 2.45) is 7.05 Å². The van der Waals surface area contributed by atoms with E-state index in [1.54, 1.807) is 62.0 Å². The smallest absolute Gasteiger partial charge is 0.407 e. The van der Waals surface area contributed by atoms with Crippen LogP contribution < -0.4 is 14.8 Å². The molecular formula is C31H31FN8O5S. The van der Waals surface area contributed by atoms with Crippen molar-refractivity contribution in [1.82, 2.24) is 29.6 Å². The second-order valence-corrected chi connectivity index (χ2v) is 12.7. The van der Waals surface area contributed by atoms with Crippen molar-refractivity contribution in [2.45, 2.75) is 31.6 Å². The molecule has 1 saturated heterocycles. The van der Waals surface area contributed by atoms with E-state index in [1.165, 1.54) is 21.7 Å². The minimum absolute atomic E-state index is 0.140. The molecule has 15 heteroatoms. The summed E-state index contributed by atoms with van der Waals surface area (Å²) in [5, 5.41) is 17.5. The zero-order valence-electron chi connectivity index (χ0n) is 25.0. The van der Waals surface area contributed by atoms with Crippen molar-refractivity contribution in [3.8, 4) is 22.9 Å². The van der Waals surface area contributed by atoms with Crippen LogP contribution in [0.25, 0.3) is 22.0 Å². The minimum atomic E-state index is -4.01. The topological polar surface area (TPSA) is 164 Å². The van der Waals surface area contributed by atoms with Gasteiger partial charge in [0.15, 0.2) is 0 Å². The second-order valence-electron chi connectivity index (χ2n) is 11.0. The highest BCUT2D eigenvalue weighted by atomic mass is 32.2. The van der Waals surface area contributed by atoms with E-state index in [1.807, 2.05) is 6.92 Å². The van der Waals surface area contributed by atoms with Gasteiger partial charge >= 0.3 is 6.09 Å². The molecule has 0 unspecified atom stereocenters. The van der Waals surface area contributed by atoms with E-state index >= 15 is 4.39 Å². The van der Waals surface area contributed by atoms with Crippen molar-refractivity contribution < 1.29 is 27.4 Å². The van der Waals surface area contributed by atoms with Gasteiger partial charge in [-0.15, -0.1) is 0 Å². The first kappa shape index (κ1) is 30.7. The SMILES string of the molecule is Cc1ccc2c(NS(=O)(=O)Cc3ccn(C)n3)c(F)ccc2c1Oc1ncccc1-c1ccnc(N[C@H]2CCCN(C(=O)O)C2)n1. The number of piperidine rings is 1. The maximum atomic E-state index is 15.2. The molecule has 1 aliphatic rings. The van der Waals surface area contributed by atoms with Gasteiger partial charge in [-0.25, -0.2) is 32.6 Å². The molecule has 0 spiro atoms. The number of nitrogens with zero attached hydrogens (tertiary/aromatic N) is 6. The third kappa shape index (κ3) is 6.68. The molecule has 46 heavy (non-hydrogen) atoms. The summed E-state index contributed by atoms with van der Waals surface area (Å²) in [6, 6.07) is 12.7. The molecule has 6 rings (SSSR count). The van der Waals surface area contributed by atoms with Crippen molar-refractivity contribution >= 4 is 38.5 Å². The Balaban J connectivity index is 1.30. The Morgan fingerprint density at radius 1 is 1.11 bits per heavy atom. The molecule has 0 saturated carbocycles. The fourth-order valence-corrected chi connectivity index (χ4v) is 6.55. The van der Waals surface area contributed by atoms with Crippen LogP contribution in [0.3, 0.4) is 0 Å². The molecule has 1 aliphatic heterocycles. The predicted octanol–water partition coefficient (Wildman–Crippen LogP) is 5.16. The molecule has 4 heterocycles. The normalized spacial score (nSPS) is 15.1. The number of likely N-dealkylation sites (tertiary alicyclic amines) is 1. The number of benzene rings is 2. The molecule has 3 aromatic heterocycles. The lowest BCUT2D eigenvalue weighted by Gasteiger charge is -2.31. The lowest BCUT2D eigenvalue weighted by Crippen LogP contribution is -2.44. The summed E-state index contributed by atoms with van der Waals surface area (Å²) in [7, 11) is -2.33. The van der Waals surface area contributed by atoms with Gasteiger partial charge in [0.05, 0.1) is 22.6 Å². The number of anilines is 2. The first-order valence-electron chi connectivity index (χ1n) is 14.5. The fourth-order valence-electron chi connectivity index (χ4n) is 5.42. The van der Waals surface area contributed by atoms with Crippen molar-refractivity contribution in [3.05, 3.63) is 84.2 Å². The fraction of sp³-hybridized carbons (Fsp3) is 0.258. The Morgan fingerprint density at radius 3 is 2.72 bits per heavy atom. The van der Waals surface area contributed by atoms with Gasteiger partial charge < -0.3 is 20.1 Å². The summed E-state index contributed by atoms with van der Waals surface area (Å²) in [4.78, 5) is 26.2. The van der Waals surface area contributed by atoms with Crippen molar-refractivity contribution in [2.75, 3.05) is 23.1 Å². The quantitative estimate of drug-likeness (QED) is 0.195. The van der Waals surface area contributed by atoms with Gasteiger partial charge in [0, 0.05) is 55.5 Å². The number of hydrogen-bond donors (Lipinski definition) is 3. The summed E-state index contributed by atoms with van der Waals surface area (Å²) in [6.45, 7) is 2.64. The number of pyridine rings is 1. The van der Waals surface area contributed by atoms with E-state index in [0.29, 0.717) is 58.1 Å². The summed E-state index contributed by atoms with van der Waals surface area (Å²) in [5.74, 6) is -0.241. The number of ether oxygens (including phenoxy) is 1. The molecule has 5 aromatic rings. The highest BCUT2D eigenvalue weighted by Gasteiger charge is 2.24. The standard InChI is InChI=1S/C31H31FN8O5S/c1-19-7-8-22-23(9-10-25(32)27(22)38-46(43,44)18-21-12-16-39(2)37-21)28(19)45-29-24(6-3-13-33-29)26-11-14-34-30(36-26)35-20-5-4-15-40(17-20)31(41)42/h3,6-14,16,20,38H,4-5,15,17-18H2,1-2H3,(H,41,42)(H,34,35,36)/t20-/m0/s1. The van der Waals surface area contributed by atoms with Gasteiger partial charge in [-0.2, -0.15) is 5.10 Å². The van der Waals surface area contributed by atoms with Crippen LogP contribution in [0.15, 0.2) is 67.1 Å². The number of sulfonamides is 1. The first-order valence-corrected chi connectivity index (χ1v) is 16.1. The summed E-state index contributed by atoms with van der Waals surface area (Å²) in [6.07, 6.45) is 5.34. The molecule has 13 nitrogen and oxygen atoms in total. The highest BCUT2D eigenvalue weighted by molar-refractivity contribution is 7.91. The summed E-state index contributed by atoms with van der Waals surface area (Å²) < 4.78 is 51.4. The van der Waals surface area contributed by atoms with Gasteiger partial charge in [-0.3, -0.25) is 9.40 Å². The first-order chi connectivity index (χ1) is 22.1. The van der Waals surface area contributed by atoms with Gasteiger partial charge in [-0.1, -0.05) is 12.1 Å². The lowest BCUT2D eigenvalue weighted by atomic mass is 10.0. The summed E-state index contributed by atoms with van der Waals surface area (Å²) >= 11 is 0. The second kappa shape index (κ2) is 12.6. The van der Waals surface area contributed by atoms with Crippen LogP contribution in [0.2, 0.25) is 0 Å². The van der Waals surface area contributed by atoms with Crippen LogP contribution in [0, 0.1) is 12.7 Å². The predicted molar refractivity (Wildman–Crippen MR) is 170 cm³/mol. The number of carbonyl (C=O) groups is 1. The average Bonchev–Trinajstić information content (AvgIpc) is 3.43. The van der Waals surface area contributed by atoms with Gasteiger partial charge in [-0.05, 0) is 61.7 Å². The van der Waals surface area contributed by atoms with Gasteiger partial charge in [0.2, 0.25) is 21.9 Å². The molecular weight excluding hydrogens is 615 g/mol. The molecule has 2 aromatic carbocycles. The van der Waals surface area contributed by atoms with Gasteiger partial charge in [0.25, 0.3) is 0 Å². The van der Waals surface area contributed by atoms with E-state index in [-0.39, 0.29) is 17.6 Å². The Kier molecular flexibility index (Phi) is 8.41. The average molecular weight is 647 g/mol. The molecule has 0 bridgehead atoms. The largest absolute Gasteiger partial charge is 0.465 e. The van der Waals surface area contributed by atoms with E-state index in [2.05, 4.69) is 30.1 Å². The number of carboxylic acid groups (broad SMARTS) is 1. The minimum Gasteiger partial charge on any atom is -0.465 e. The van der Waals surface area contributed by atoms with E-state index in [0.717, 1.165) is 12.8 Å². The van der Waals surface area contributed by atoms with Crippen LogP contribution in [-0.4, -0.2) is 68.4 Å². The number of aryl methyl sites for hydroxylation is 2. The van der Waals surface area contributed by atoms with Crippen LogP contribution in [-0.2, 0) is 22.8 Å². The Hall–Kier alpha value is -5.31. The molecule has 1 amide bonds. The van der Waals surface area contributed by atoms with Crippen LogP contribution in [0.1, 0.15) is 24.1 Å². The molecule has 3 N–H and O–H groups in total. The number of aromatic nitrogens is 5. The highest BCUT2D eigenvalue weighted by Crippen LogP contribution is 2.39. The molecule has 0 radical (unpaired) electrons. The Labute approximate surface area is 264 Å². The number of fused-ring (bicyclic) bond motifs is 1. The maximum Gasteiger partial charge on any atom is 0.407 e. The van der Waals surface area contributed by atoms with E-state index < -0.39 is 27.7 Å². The monoisotopic (exact) mass is 646 g/mol. The van der Waals surface area contributed by atoms with Gasteiger partial charge in [0.1, 0.15) is 17.3 Å². The third-order valence-corrected chi connectivity index (χ3v) is 8.78. The lowest BCUT2D eigenvalue weighted by molar-refractivity contribution is 0.132. The zero-order valence-corrected chi connectivity index (χ0v) is 25.8. The number of halogens is 1. The summed E-state index contributed by atoms with van der Waals surface area (Å²) in [5.41, 5.74) is 1.90. The Morgan fingerprint density at radius 2 is 1.93 bits per heavy atom. The third-order valence-electron chi connectivity index (χ3n) is 7.59. The van der Waals surface area contributed by atoms with Crippen LogP contribution >= 0.6 is 0 Å². The van der Waals surface area contributed by atoms with E-state index in [4.69, 9.17) is 4.74 Å². The maximum absolute atomic E-state index is 15.2. The molecule has 0 aliphatic carbocycles. The van der Waals surface area contributed by atoms with Crippen LogP contribution in [0.4, 0.5) is 20.8 Å². The molecule has 1 fully saturated rings. The van der Waals surface area contributed by atoms with E-state index in [9.17, 15) is 18.3 Å². The number of nitrogens with one attached hydrogen (secondary N) is 2. The Bertz CT molecular complexity index is 2040. The van der Waals surface area contributed by atoms with Crippen LogP contribution in [0.5, 0.6) is 11.6 Å². The number of rotatable bonds is 9. The zero-order chi connectivity index (χ0) is 32.4. The number of hydrogen-bond acceptors (Lipinski definition) is 9. The molecule has 1 atom stereocenters. The van der Waals surface area contributed by atoms with Crippen molar-refractivity contribution in [3.63, 3.8) is 0 Å². The van der Waals surface area contributed by atoms with Crippen molar-refractivity contribution in [1.29, 1.82) is 0 Å². The molecule has 238 valence electrons.